The molecule has 4 aromatic rings. The molecule has 0 radical (unpaired) electrons. The first kappa shape index (κ1) is 25.2. The van der Waals surface area contributed by atoms with E-state index in [0.29, 0.717) is 29.0 Å². The summed E-state index contributed by atoms with van der Waals surface area (Å²) in [5, 5.41) is 15.8. The normalized spacial score (nSPS) is 11.9. The van der Waals surface area contributed by atoms with Crippen LogP contribution in [0.1, 0.15) is 42.7 Å². The van der Waals surface area contributed by atoms with Crippen LogP contribution in [0.2, 0.25) is 0 Å². The molecule has 188 valence electrons. The number of para-hydroxylation sites is 2. The lowest BCUT2D eigenvalue weighted by Gasteiger charge is -2.09. The number of fused-ring (bicyclic) bond motifs is 1. The van der Waals surface area contributed by atoms with Crippen molar-refractivity contribution in [1.82, 2.24) is 39.9 Å². The van der Waals surface area contributed by atoms with Crippen molar-refractivity contribution < 1.29 is 22.4 Å². The van der Waals surface area contributed by atoms with Crippen molar-refractivity contribution in [3.05, 3.63) is 59.4 Å². The number of amides is 1. The summed E-state index contributed by atoms with van der Waals surface area (Å²) in [5.41, 5.74) is 2.90. The van der Waals surface area contributed by atoms with Crippen molar-refractivity contribution in [2.75, 3.05) is 5.75 Å². The van der Waals surface area contributed by atoms with Gasteiger partial charge in [0.15, 0.2) is 11.0 Å². The largest absolute Gasteiger partial charge is 0.305 e. The van der Waals surface area contributed by atoms with Crippen LogP contribution in [0.4, 0.5) is 17.6 Å². The van der Waals surface area contributed by atoms with Gasteiger partial charge >= 0.3 is 0 Å². The minimum atomic E-state index is -2.98. The zero-order chi connectivity index (χ0) is 25.7. The van der Waals surface area contributed by atoms with Gasteiger partial charge in [-0.05, 0) is 25.1 Å². The van der Waals surface area contributed by atoms with Crippen molar-refractivity contribution in [2.45, 2.75) is 38.0 Å². The predicted molar refractivity (Wildman–Crippen MR) is 123 cm³/mol. The SMILES string of the molecule is CCn1c(Cn2nc(C(F)F)cc2C(F)F)nnc1SCC(=O)NN=Cc1cnc2ccccc2n1. The summed E-state index contributed by atoms with van der Waals surface area (Å²) < 4.78 is 54.8. The Kier molecular flexibility index (Phi) is 7.87. The van der Waals surface area contributed by atoms with Crippen LogP contribution in [-0.4, -0.2) is 52.4 Å². The van der Waals surface area contributed by atoms with Gasteiger partial charge in [0.05, 0.1) is 29.2 Å². The third kappa shape index (κ3) is 5.84. The highest BCUT2D eigenvalue weighted by molar-refractivity contribution is 7.99. The maximum absolute atomic E-state index is 13.3. The summed E-state index contributed by atoms with van der Waals surface area (Å²) in [7, 11) is 0. The number of hydrogen-bond donors (Lipinski definition) is 1. The van der Waals surface area contributed by atoms with E-state index in [-0.39, 0.29) is 18.1 Å². The summed E-state index contributed by atoms with van der Waals surface area (Å²) in [6, 6.07) is 8.00. The Morgan fingerprint density at radius 3 is 2.67 bits per heavy atom. The number of rotatable bonds is 10. The molecule has 0 bridgehead atoms. The summed E-state index contributed by atoms with van der Waals surface area (Å²) in [6.07, 6.45) is -3.07. The molecule has 0 atom stereocenters. The average molecular weight is 522 g/mol. The first-order valence-corrected chi connectivity index (χ1v) is 11.6. The molecule has 0 saturated heterocycles. The lowest BCUT2D eigenvalue weighted by molar-refractivity contribution is -0.118. The highest BCUT2D eigenvalue weighted by Gasteiger charge is 2.23. The third-order valence-corrected chi connectivity index (χ3v) is 5.83. The number of hydrazone groups is 1. The molecule has 1 N–H and O–H groups in total. The first-order valence-electron chi connectivity index (χ1n) is 10.6. The second-order valence-electron chi connectivity index (χ2n) is 7.26. The van der Waals surface area contributed by atoms with Crippen molar-refractivity contribution in [3.63, 3.8) is 0 Å². The molecule has 0 aliphatic carbocycles. The van der Waals surface area contributed by atoms with Crippen LogP contribution in [0.5, 0.6) is 0 Å². The van der Waals surface area contributed by atoms with E-state index in [4.69, 9.17) is 0 Å². The molecule has 36 heavy (non-hydrogen) atoms. The van der Waals surface area contributed by atoms with Crippen molar-refractivity contribution in [3.8, 4) is 0 Å². The van der Waals surface area contributed by atoms with Crippen LogP contribution in [0.3, 0.4) is 0 Å². The summed E-state index contributed by atoms with van der Waals surface area (Å²) in [4.78, 5) is 20.8. The number of carbonyl (C=O) groups excluding carboxylic acids is 1. The number of aromatic nitrogens is 7. The number of nitrogens with one attached hydrogen (secondary N) is 1. The van der Waals surface area contributed by atoms with Gasteiger partial charge in [0, 0.05) is 6.54 Å². The fourth-order valence-electron chi connectivity index (χ4n) is 3.22. The van der Waals surface area contributed by atoms with Crippen LogP contribution in [0.15, 0.2) is 46.8 Å². The lowest BCUT2D eigenvalue weighted by atomic mass is 10.3. The monoisotopic (exact) mass is 521 g/mol. The molecule has 1 amide bonds. The van der Waals surface area contributed by atoms with E-state index in [1.807, 2.05) is 24.3 Å². The van der Waals surface area contributed by atoms with Gasteiger partial charge in [0.25, 0.3) is 18.8 Å². The van der Waals surface area contributed by atoms with E-state index in [0.717, 1.165) is 22.0 Å². The summed E-state index contributed by atoms with van der Waals surface area (Å²) in [6.45, 7) is 1.85. The molecule has 0 unspecified atom stereocenters. The molecule has 4 rings (SSSR count). The minimum absolute atomic E-state index is 0.0571. The second kappa shape index (κ2) is 11.2. The maximum atomic E-state index is 13.3. The number of thioether (sulfide) groups is 1. The molecular weight excluding hydrogens is 502 g/mol. The predicted octanol–water partition coefficient (Wildman–Crippen LogP) is 3.60. The third-order valence-electron chi connectivity index (χ3n) is 4.86. The highest BCUT2D eigenvalue weighted by Crippen LogP contribution is 2.26. The maximum Gasteiger partial charge on any atom is 0.282 e. The van der Waals surface area contributed by atoms with Crippen LogP contribution >= 0.6 is 11.8 Å². The van der Waals surface area contributed by atoms with Crippen LogP contribution in [0.25, 0.3) is 11.0 Å². The van der Waals surface area contributed by atoms with Crippen molar-refractivity contribution in [2.24, 2.45) is 5.10 Å². The molecule has 3 heterocycles. The molecule has 0 saturated carbocycles. The molecule has 0 aliphatic rings. The number of benzene rings is 1. The Morgan fingerprint density at radius 2 is 1.94 bits per heavy atom. The van der Waals surface area contributed by atoms with Crippen molar-refractivity contribution in [1.29, 1.82) is 0 Å². The van der Waals surface area contributed by atoms with Gasteiger partial charge in [-0.15, -0.1) is 10.2 Å². The Bertz CT molecular complexity index is 1390. The van der Waals surface area contributed by atoms with E-state index < -0.39 is 30.1 Å². The molecule has 0 spiro atoms. The topological polar surface area (TPSA) is 116 Å². The smallest absolute Gasteiger partial charge is 0.282 e. The van der Waals surface area contributed by atoms with E-state index >= 15 is 0 Å². The molecule has 0 aliphatic heterocycles. The molecule has 0 fully saturated rings. The van der Waals surface area contributed by atoms with Gasteiger partial charge in [0.2, 0.25) is 0 Å². The van der Waals surface area contributed by atoms with Gasteiger partial charge < -0.3 is 4.57 Å². The zero-order valence-corrected chi connectivity index (χ0v) is 19.5. The van der Waals surface area contributed by atoms with Gasteiger partial charge in [-0.25, -0.2) is 28.0 Å². The number of halogens is 4. The Morgan fingerprint density at radius 1 is 1.17 bits per heavy atom. The molecule has 10 nitrogen and oxygen atoms in total. The van der Waals surface area contributed by atoms with Gasteiger partial charge in [-0.2, -0.15) is 10.2 Å². The van der Waals surface area contributed by atoms with Gasteiger partial charge in [0.1, 0.15) is 23.6 Å². The first-order chi connectivity index (χ1) is 17.4. The summed E-state index contributed by atoms with van der Waals surface area (Å²) in [5.74, 6) is -0.247. The lowest BCUT2D eigenvalue weighted by Crippen LogP contribution is -2.20. The number of nitrogens with zero attached hydrogens (tertiary/aromatic N) is 8. The second-order valence-corrected chi connectivity index (χ2v) is 8.20. The fraction of sp³-hybridized carbons (Fsp3) is 0.286. The average Bonchev–Trinajstić information content (AvgIpc) is 3.47. The quantitative estimate of drug-likeness (QED) is 0.147. The number of hydrogen-bond acceptors (Lipinski definition) is 8. The standard InChI is InChI=1S/C21H19F4N9OS/c1-2-33-17(10-34-16(20(24)25)7-15(32-34)19(22)23)29-31-21(33)36-11-18(35)30-27-9-12-8-26-13-5-3-4-6-14(13)28-12/h3-9,19-20H,2,10-11H2,1H3,(H,30,35). The molecule has 1 aromatic carbocycles. The Labute approximate surface area is 205 Å². The number of alkyl halides is 4. The van der Waals surface area contributed by atoms with E-state index in [1.165, 1.54) is 12.4 Å². The summed E-state index contributed by atoms with van der Waals surface area (Å²) >= 11 is 1.06. The van der Waals surface area contributed by atoms with Crippen LogP contribution < -0.4 is 5.43 Å². The molecule has 3 aromatic heterocycles. The highest BCUT2D eigenvalue weighted by atomic mass is 32.2. The Hall–Kier alpha value is -3.88. The molecule has 15 heteroatoms. The molecular formula is C21H19F4N9OS. The van der Waals surface area contributed by atoms with Crippen LogP contribution in [0, 0.1) is 0 Å². The number of carbonyl (C=O) groups is 1. The van der Waals surface area contributed by atoms with Gasteiger partial charge in [-0.1, -0.05) is 23.9 Å². The van der Waals surface area contributed by atoms with Crippen molar-refractivity contribution >= 4 is 34.9 Å². The fourth-order valence-corrected chi connectivity index (χ4v) is 4.04. The minimum Gasteiger partial charge on any atom is -0.305 e. The zero-order valence-electron chi connectivity index (χ0n) is 18.7. The van der Waals surface area contributed by atoms with Crippen LogP contribution in [-0.2, 0) is 17.9 Å². The van der Waals surface area contributed by atoms with Gasteiger partial charge in [-0.3, -0.25) is 14.5 Å². The van der Waals surface area contributed by atoms with E-state index in [1.54, 1.807) is 11.5 Å². The Balaban J connectivity index is 1.37. The van der Waals surface area contributed by atoms with E-state index in [2.05, 4.69) is 35.8 Å². The van der Waals surface area contributed by atoms with E-state index in [9.17, 15) is 22.4 Å².